The van der Waals surface area contributed by atoms with Crippen molar-refractivity contribution in [2.24, 2.45) is 0 Å². The number of aromatic nitrogens is 1. The van der Waals surface area contributed by atoms with Crippen molar-refractivity contribution in [1.29, 1.82) is 0 Å². The minimum absolute atomic E-state index is 0.355. The van der Waals surface area contributed by atoms with Gasteiger partial charge < -0.3 is 14.5 Å². The smallest absolute Gasteiger partial charge is 0.354 e. The fraction of sp³-hybridized carbons (Fsp3) is 0.214. The highest BCUT2D eigenvalue weighted by atomic mass is 16.5. The van der Waals surface area contributed by atoms with Crippen molar-refractivity contribution >= 4 is 5.97 Å². The number of methoxy groups -OCH3 is 2. The number of hydrogen-bond acceptors (Lipinski definition) is 3. The van der Waals surface area contributed by atoms with E-state index in [1.165, 1.54) is 7.11 Å². The molecule has 0 spiro atoms. The number of ether oxygens (including phenoxy) is 2. The summed E-state index contributed by atoms with van der Waals surface area (Å²) < 4.78 is 9.82. The van der Waals surface area contributed by atoms with Crippen molar-refractivity contribution in [3.63, 3.8) is 0 Å². The summed E-state index contributed by atoms with van der Waals surface area (Å²) in [7, 11) is 3.01. The summed E-state index contributed by atoms with van der Waals surface area (Å²) in [6, 6.07) is 11.4. The second kappa shape index (κ2) is 5.40. The van der Waals surface area contributed by atoms with Gasteiger partial charge in [-0.15, -0.1) is 0 Å². The molecule has 0 saturated heterocycles. The van der Waals surface area contributed by atoms with Gasteiger partial charge in [0.15, 0.2) is 0 Å². The van der Waals surface area contributed by atoms with E-state index in [1.807, 2.05) is 30.3 Å². The molecule has 18 heavy (non-hydrogen) atoms. The summed E-state index contributed by atoms with van der Waals surface area (Å²) in [5.74, 6) is 0.471. The van der Waals surface area contributed by atoms with Crippen LogP contribution in [0.4, 0.5) is 0 Å². The van der Waals surface area contributed by atoms with Crippen LogP contribution in [0.15, 0.2) is 36.4 Å². The molecule has 1 aromatic heterocycles. The van der Waals surface area contributed by atoms with E-state index in [4.69, 9.17) is 4.74 Å². The number of nitrogens with one attached hydrogen (secondary N) is 1. The first-order chi connectivity index (χ1) is 8.72. The number of hydrogen-bond donors (Lipinski definition) is 1. The molecule has 0 bridgehead atoms. The minimum atomic E-state index is -0.355. The molecular formula is C14H15NO3. The Morgan fingerprint density at radius 1 is 1.22 bits per heavy atom. The van der Waals surface area contributed by atoms with Gasteiger partial charge in [0.05, 0.1) is 14.2 Å². The third-order valence-electron chi connectivity index (χ3n) is 2.68. The van der Waals surface area contributed by atoms with Crippen LogP contribution >= 0.6 is 0 Å². The van der Waals surface area contributed by atoms with Crippen LogP contribution in [0.5, 0.6) is 5.75 Å². The van der Waals surface area contributed by atoms with Crippen LogP contribution in [-0.2, 0) is 11.2 Å². The van der Waals surface area contributed by atoms with Gasteiger partial charge in [-0.05, 0) is 29.8 Å². The maximum absolute atomic E-state index is 11.3. The lowest BCUT2D eigenvalue weighted by atomic mass is 10.1. The van der Waals surface area contributed by atoms with Crippen LogP contribution in [0, 0.1) is 0 Å². The predicted molar refractivity (Wildman–Crippen MR) is 67.9 cm³/mol. The largest absolute Gasteiger partial charge is 0.497 e. The summed E-state index contributed by atoms with van der Waals surface area (Å²) in [5.41, 5.74) is 2.55. The van der Waals surface area contributed by atoms with E-state index in [2.05, 4.69) is 9.72 Å². The normalized spacial score (nSPS) is 10.1. The molecule has 0 radical (unpaired) electrons. The van der Waals surface area contributed by atoms with Crippen molar-refractivity contribution in [2.45, 2.75) is 6.42 Å². The maximum Gasteiger partial charge on any atom is 0.354 e. The third-order valence-corrected chi connectivity index (χ3v) is 2.68. The Hall–Kier alpha value is -2.23. The molecule has 0 atom stereocenters. The molecule has 0 fully saturated rings. The average molecular weight is 245 g/mol. The molecule has 4 heteroatoms. The number of aromatic amines is 1. The second-order valence-electron chi connectivity index (χ2n) is 3.92. The molecule has 0 amide bonds. The minimum Gasteiger partial charge on any atom is -0.497 e. The van der Waals surface area contributed by atoms with Crippen LogP contribution in [0.1, 0.15) is 21.7 Å². The van der Waals surface area contributed by atoms with Gasteiger partial charge in [-0.3, -0.25) is 0 Å². The zero-order valence-corrected chi connectivity index (χ0v) is 10.4. The highest BCUT2D eigenvalue weighted by Gasteiger charge is 2.08. The first-order valence-electron chi connectivity index (χ1n) is 5.62. The first-order valence-corrected chi connectivity index (χ1v) is 5.62. The fourth-order valence-electron chi connectivity index (χ4n) is 1.77. The quantitative estimate of drug-likeness (QED) is 0.841. The van der Waals surface area contributed by atoms with Crippen LogP contribution < -0.4 is 4.74 Å². The van der Waals surface area contributed by atoms with Crippen LogP contribution in [-0.4, -0.2) is 25.2 Å². The van der Waals surface area contributed by atoms with E-state index < -0.39 is 0 Å². The lowest BCUT2D eigenvalue weighted by Gasteiger charge is -2.03. The number of H-pyrrole nitrogens is 1. The zero-order valence-electron chi connectivity index (χ0n) is 10.4. The Balaban J connectivity index is 2.13. The fourth-order valence-corrected chi connectivity index (χ4v) is 1.77. The van der Waals surface area contributed by atoms with Gasteiger partial charge in [-0.1, -0.05) is 12.1 Å². The molecule has 0 aliphatic rings. The van der Waals surface area contributed by atoms with Gasteiger partial charge in [0.1, 0.15) is 11.4 Å². The number of benzene rings is 1. The van der Waals surface area contributed by atoms with Crippen LogP contribution in [0.25, 0.3) is 0 Å². The summed E-state index contributed by atoms with van der Waals surface area (Å²) in [6.45, 7) is 0. The van der Waals surface area contributed by atoms with Crippen LogP contribution in [0.2, 0.25) is 0 Å². The molecule has 1 N–H and O–H groups in total. The summed E-state index contributed by atoms with van der Waals surface area (Å²) in [4.78, 5) is 14.3. The molecule has 1 heterocycles. The van der Waals surface area contributed by atoms with Crippen molar-refractivity contribution < 1.29 is 14.3 Å². The zero-order chi connectivity index (χ0) is 13.0. The molecule has 2 rings (SSSR count). The SMILES string of the molecule is COC(=O)c1ccc(Cc2cccc(OC)c2)[nH]1. The average Bonchev–Trinajstić information content (AvgIpc) is 2.86. The topological polar surface area (TPSA) is 51.3 Å². The van der Waals surface area contributed by atoms with Gasteiger partial charge >= 0.3 is 5.97 Å². The van der Waals surface area contributed by atoms with Crippen molar-refractivity contribution in [1.82, 2.24) is 4.98 Å². The predicted octanol–water partition coefficient (Wildman–Crippen LogP) is 2.40. The molecule has 0 aliphatic carbocycles. The highest BCUT2D eigenvalue weighted by molar-refractivity contribution is 5.87. The Bertz CT molecular complexity index is 545. The van der Waals surface area contributed by atoms with E-state index in [9.17, 15) is 4.79 Å². The maximum atomic E-state index is 11.3. The number of carbonyl (C=O) groups excluding carboxylic acids is 1. The molecule has 4 nitrogen and oxygen atoms in total. The van der Waals surface area contributed by atoms with Crippen molar-refractivity contribution in [3.8, 4) is 5.75 Å². The lowest BCUT2D eigenvalue weighted by Crippen LogP contribution is -2.01. The Kier molecular flexibility index (Phi) is 3.67. The van der Waals surface area contributed by atoms with Crippen molar-refractivity contribution in [3.05, 3.63) is 53.3 Å². The van der Waals surface area contributed by atoms with Crippen molar-refractivity contribution in [2.75, 3.05) is 14.2 Å². The Morgan fingerprint density at radius 2 is 2.06 bits per heavy atom. The number of esters is 1. The first kappa shape index (κ1) is 12.2. The van der Waals surface area contributed by atoms with Crippen LogP contribution in [0.3, 0.4) is 0 Å². The number of rotatable bonds is 4. The molecule has 0 unspecified atom stereocenters. The van der Waals surface area contributed by atoms with Gasteiger partial charge in [-0.2, -0.15) is 0 Å². The molecule has 0 saturated carbocycles. The Labute approximate surface area is 106 Å². The summed E-state index contributed by atoms with van der Waals surface area (Å²) >= 11 is 0. The molecule has 94 valence electrons. The molecular weight excluding hydrogens is 230 g/mol. The third kappa shape index (κ3) is 2.71. The Morgan fingerprint density at radius 3 is 2.78 bits per heavy atom. The highest BCUT2D eigenvalue weighted by Crippen LogP contribution is 2.16. The molecule has 0 aliphatic heterocycles. The molecule has 1 aromatic carbocycles. The van der Waals surface area contributed by atoms with E-state index in [0.717, 1.165) is 17.0 Å². The molecule has 2 aromatic rings. The summed E-state index contributed by atoms with van der Waals surface area (Å²) in [6.07, 6.45) is 0.716. The van der Waals surface area contributed by atoms with E-state index >= 15 is 0 Å². The van der Waals surface area contributed by atoms with Gasteiger partial charge in [-0.25, -0.2) is 4.79 Å². The standard InChI is InChI=1S/C14H15NO3/c1-17-12-5-3-4-10(9-12)8-11-6-7-13(15-11)14(16)18-2/h3-7,9,15H,8H2,1-2H3. The van der Waals surface area contributed by atoms with E-state index in [-0.39, 0.29) is 5.97 Å². The summed E-state index contributed by atoms with van der Waals surface area (Å²) in [5, 5.41) is 0. The second-order valence-corrected chi connectivity index (χ2v) is 3.92. The van der Waals surface area contributed by atoms with Gasteiger partial charge in [0.25, 0.3) is 0 Å². The van der Waals surface area contributed by atoms with E-state index in [1.54, 1.807) is 13.2 Å². The number of carbonyl (C=O) groups is 1. The monoisotopic (exact) mass is 245 g/mol. The lowest BCUT2D eigenvalue weighted by molar-refractivity contribution is 0.0594. The van der Waals surface area contributed by atoms with E-state index in [0.29, 0.717) is 12.1 Å². The van der Waals surface area contributed by atoms with Gasteiger partial charge in [0.2, 0.25) is 0 Å². The van der Waals surface area contributed by atoms with Gasteiger partial charge in [0, 0.05) is 12.1 Å².